The molecule has 0 aliphatic rings. The van der Waals surface area contributed by atoms with E-state index in [9.17, 15) is 9.18 Å². The van der Waals surface area contributed by atoms with Gasteiger partial charge in [0.1, 0.15) is 16.5 Å². The summed E-state index contributed by atoms with van der Waals surface area (Å²) in [4.78, 5) is 20.5. The second kappa shape index (κ2) is 6.29. The molecule has 2 heterocycles. The molecule has 0 bridgehead atoms. The second-order valence-corrected chi connectivity index (χ2v) is 5.68. The van der Waals surface area contributed by atoms with E-state index in [4.69, 9.17) is 4.74 Å². The lowest BCUT2D eigenvalue weighted by Crippen LogP contribution is -2.04. The first kappa shape index (κ1) is 15.4. The molecular weight excluding hydrogens is 317 g/mol. The van der Waals surface area contributed by atoms with Crippen molar-refractivity contribution in [3.05, 3.63) is 47.5 Å². The van der Waals surface area contributed by atoms with Gasteiger partial charge < -0.3 is 9.30 Å². The largest absolute Gasteiger partial charge is 0.461 e. The van der Waals surface area contributed by atoms with Gasteiger partial charge in [-0.3, -0.25) is 0 Å². The molecule has 0 fully saturated rings. The molecule has 0 N–H and O–H groups in total. The minimum Gasteiger partial charge on any atom is -0.461 e. The van der Waals surface area contributed by atoms with Gasteiger partial charge in [-0.15, -0.1) is 11.3 Å². The normalized spacial score (nSPS) is 10.7. The molecule has 0 amide bonds. The van der Waals surface area contributed by atoms with Gasteiger partial charge in [0.05, 0.1) is 18.6 Å². The number of nitrogens with zero attached hydrogens (tertiary/aromatic N) is 3. The van der Waals surface area contributed by atoms with Crippen molar-refractivity contribution in [1.82, 2.24) is 14.5 Å². The number of aryl methyl sites for hydroxylation is 1. The van der Waals surface area contributed by atoms with Crippen LogP contribution in [-0.2, 0) is 11.8 Å². The summed E-state index contributed by atoms with van der Waals surface area (Å²) < 4.78 is 19.9. The zero-order valence-corrected chi connectivity index (χ0v) is 13.4. The number of ether oxygens (including phenoxy) is 1. The summed E-state index contributed by atoms with van der Waals surface area (Å²) in [7, 11) is 1.85. The molecule has 0 saturated carbocycles. The molecule has 3 aromatic rings. The third-order valence-electron chi connectivity index (χ3n) is 3.25. The number of aromatic nitrogens is 3. The standard InChI is InChI=1S/C16H14FN3O2S/c1-3-22-16(21)12-8-23-15(19-12)14-13(18-9-20(14)2)10-4-6-11(17)7-5-10/h4-9H,3H2,1-2H3. The Morgan fingerprint density at radius 1 is 1.35 bits per heavy atom. The molecule has 0 spiro atoms. The number of carbonyl (C=O) groups is 1. The molecule has 7 heteroatoms. The monoisotopic (exact) mass is 331 g/mol. The summed E-state index contributed by atoms with van der Waals surface area (Å²) in [6.07, 6.45) is 1.67. The van der Waals surface area contributed by atoms with Crippen LogP contribution in [0.15, 0.2) is 36.0 Å². The average molecular weight is 331 g/mol. The average Bonchev–Trinajstić information content (AvgIpc) is 3.15. The molecule has 3 rings (SSSR count). The van der Waals surface area contributed by atoms with E-state index in [1.807, 2.05) is 11.6 Å². The zero-order chi connectivity index (χ0) is 16.4. The van der Waals surface area contributed by atoms with E-state index < -0.39 is 5.97 Å². The van der Waals surface area contributed by atoms with Crippen LogP contribution in [-0.4, -0.2) is 27.1 Å². The number of hydrogen-bond acceptors (Lipinski definition) is 5. The summed E-state index contributed by atoms with van der Waals surface area (Å²) in [5.41, 5.74) is 2.53. The minimum absolute atomic E-state index is 0.276. The molecule has 5 nitrogen and oxygen atoms in total. The molecule has 0 aliphatic carbocycles. The maximum Gasteiger partial charge on any atom is 0.357 e. The Morgan fingerprint density at radius 3 is 2.78 bits per heavy atom. The van der Waals surface area contributed by atoms with Crippen LogP contribution in [0.5, 0.6) is 0 Å². The van der Waals surface area contributed by atoms with E-state index in [1.54, 1.807) is 30.8 Å². The lowest BCUT2D eigenvalue weighted by Gasteiger charge is -2.03. The molecule has 0 radical (unpaired) electrons. The van der Waals surface area contributed by atoms with Crippen LogP contribution in [0.3, 0.4) is 0 Å². The fourth-order valence-electron chi connectivity index (χ4n) is 2.18. The maximum absolute atomic E-state index is 13.1. The molecule has 0 saturated heterocycles. The van der Waals surface area contributed by atoms with Crippen LogP contribution in [0.4, 0.5) is 4.39 Å². The van der Waals surface area contributed by atoms with Gasteiger partial charge in [0.25, 0.3) is 0 Å². The first-order chi connectivity index (χ1) is 11.1. The first-order valence-electron chi connectivity index (χ1n) is 7.00. The molecule has 2 aromatic heterocycles. The van der Waals surface area contributed by atoms with Crippen LogP contribution in [0.2, 0.25) is 0 Å². The van der Waals surface area contributed by atoms with Crippen LogP contribution < -0.4 is 0 Å². The maximum atomic E-state index is 13.1. The minimum atomic E-state index is -0.444. The Bertz CT molecular complexity index is 839. The fourth-order valence-corrected chi connectivity index (χ4v) is 3.06. The Morgan fingerprint density at radius 2 is 2.09 bits per heavy atom. The summed E-state index contributed by atoms with van der Waals surface area (Å²) in [5.74, 6) is -0.745. The van der Waals surface area contributed by atoms with Crippen molar-refractivity contribution >= 4 is 17.3 Å². The summed E-state index contributed by atoms with van der Waals surface area (Å²) in [6, 6.07) is 6.11. The van der Waals surface area contributed by atoms with Crippen molar-refractivity contribution in [2.24, 2.45) is 7.05 Å². The van der Waals surface area contributed by atoms with Gasteiger partial charge >= 0.3 is 5.97 Å². The number of hydrogen-bond donors (Lipinski definition) is 0. The molecule has 0 aliphatic heterocycles. The predicted molar refractivity (Wildman–Crippen MR) is 85.7 cm³/mol. The van der Waals surface area contributed by atoms with E-state index in [0.29, 0.717) is 17.3 Å². The SMILES string of the molecule is CCOC(=O)c1csc(-c2c(-c3ccc(F)cc3)ncn2C)n1. The summed E-state index contributed by atoms with van der Waals surface area (Å²) >= 11 is 1.34. The lowest BCUT2D eigenvalue weighted by atomic mass is 10.1. The Hall–Kier alpha value is -2.54. The molecule has 0 atom stereocenters. The number of benzene rings is 1. The van der Waals surface area contributed by atoms with E-state index in [0.717, 1.165) is 11.3 Å². The van der Waals surface area contributed by atoms with Crippen LogP contribution in [0.25, 0.3) is 22.0 Å². The zero-order valence-electron chi connectivity index (χ0n) is 12.6. The first-order valence-corrected chi connectivity index (χ1v) is 7.88. The number of halogens is 1. The van der Waals surface area contributed by atoms with Crippen molar-refractivity contribution in [3.8, 4) is 22.0 Å². The number of imidazole rings is 1. The number of thiazole rings is 1. The van der Waals surface area contributed by atoms with Crippen molar-refractivity contribution in [1.29, 1.82) is 0 Å². The van der Waals surface area contributed by atoms with Crippen molar-refractivity contribution in [2.75, 3.05) is 6.61 Å². The molecule has 118 valence electrons. The highest BCUT2D eigenvalue weighted by Crippen LogP contribution is 2.32. The van der Waals surface area contributed by atoms with Gasteiger partial charge in [0, 0.05) is 18.0 Å². The van der Waals surface area contributed by atoms with Gasteiger partial charge in [0.15, 0.2) is 5.69 Å². The third kappa shape index (κ3) is 3.00. The smallest absolute Gasteiger partial charge is 0.357 e. The molecule has 23 heavy (non-hydrogen) atoms. The number of esters is 1. The van der Waals surface area contributed by atoms with Gasteiger partial charge in [-0.2, -0.15) is 0 Å². The van der Waals surface area contributed by atoms with Gasteiger partial charge in [-0.1, -0.05) is 0 Å². The summed E-state index contributed by atoms with van der Waals surface area (Å²) in [5, 5.41) is 2.32. The highest BCUT2D eigenvalue weighted by molar-refractivity contribution is 7.13. The number of carbonyl (C=O) groups excluding carboxylic acids is 1. The van der Waals surface area contributed by atoms with E-state index in [-0.39, 0.29) is 11.5 Å². The van der Waals surface area contributed by atoms with Gasteiger partial charge in [0.2, 0.25) is 0 Å². The highest BCUT2D eigenvalue weighted by Gasteiger charge is 2.19. The van der Waals surface area contributed by atoms with Gasteiger partial charge in [-0.25, -0.2) is 19.2 Å². The Balaban J connectivity index is 2.02. The second-order valence-electron chi connectivity index (χ2n) is 4.82. The number of rotatable bonds is 4. The van der Waals surface area contributed by atoms with Crippen LogP contribution >= 0.6 is 11.3 Å². The quantitative estimate of drug-likeness (QED) is 0.686. The van der Waals surface area contributed by atoms with Crippen LogP contribution in [0.1, 0.15) is 17.4 Å². The molecule has 1 aromatic carbocycles. The Kier molecular flexibility index (Phi) is 4.20. The molecule has 0 unspecified atom stereocenters. The van der Waals surface area contributed by atoms with Crippen molar-refractivity contribution < 1.29 is 13.9 Å². The van der Waals surface area contributed by atoms with Crippen molar-refractivity contribution in [2.45, 2.75) is 6.92 Å². The van der Waals surface area contributed by atoms with E-state index in [2.05, 4.69) is 9.97 Å². The van der Waals surface area contributed by atoms with E-state index >= 15 is 0 Å². The van der Waals surface area contributed by atoms with Crippen molar-refractivity contribution in [3.63, 3.8) is 0 Å². The highest BCUT2D eigenvalue weighted by atomic mass is 32.1. The third-order valence-corrected chi connectivity index (χ3v) is 4.10. The Labute approximate surface area is 136 Å². The predicted octanol–water partition coefficient (Wildman–Crippen LogP) is 3.53. The van der Waals surface area contributed by atoms with E-state index in [1.165, 1.54) is 23.5 Å². The lowest BCUT2D eigenvalue weighted by molar-refractivity contribution is 0.0520. The topological polar surface area (TPSA) is 57.0 Å². The van der Waals surface area contributed by atoms with Gasteiger partial charge in [-0.05, 0) is 31.2 Å². The van der Waals surface area contributed by atoms with Crippen LogP contribution in [0, 0.1) is 5.82 Å². The molecular formula is C16H14FN3O2S. The summed E-state index contributed by atoms with van der Waals surface area (Å²) in [6.45, 7) is 2.05. The fraction of sp³-hybridized carbons (Fsp3) is 0.188.